The van der Waals surface area contributed by atoms with Crippen LogP contribution in [0.15, 0.2) is 84.9 Å². The summed E-state index contributed by atoms with van der Waals surface area (Å²) in [5.41, 5.74) is 2.02. The van der Waals surface area contributed by atoms with E-state index in [0.29, 0.717) is 25.8 Å². The highest BCUT2D eigenvalue weighted by Crippen LogP contribution is 2.66. The number of amides is 1. The third-order valence-corrected chi connectivity index (χ3v) is 10.9. The van der Waals surface area contributed by atoms with Crippen molar-refractivity contribution < 1.29 is 28.6 Å². The molecule has 3 fully saturated rings. The average Bonchev–Trinajstić information content (AvgIpc) is 3.59. The van der Waals surface area contributed by atoms with Crippen LogP contribution in [-0.2, 0) is 30.4 Å². The van der Waals surface area contributed by atoms with Crippen molar-refractivity contribution in [2.24, 2.45) is 10.8 Å². The first-order chi connectivity index (χ1) is 21.6. The van der Waals surface area contributed by atoms with Crippen LogP contribution in [0.3, 0.4) is 0 Å². The molecule has 4 atom stereocenters. The van der Waals surface area contributed by atoms with Crippen molar-refractivity contribution in [2.45, 2.75) is 64.3 Å². The maximum atomic E-state index is 14.3. The molecule has 3 heterocycles. The Kier molecular flexibility index (Phi) is 6.99. The largest absolute Gasteiger partial charge is 0.457 e. The van der Waals surface area contributed by atoms with Gasteiger partial charge in [0, 0.05) is 28.8 Å². The highest BCUT2D eigenvalue weighted by atomic mass is 16.6. The lowest BCUT2D eigenvalue weighted by molar-refractivity contribution is -0.189. The molecule has 1 N–H and O–H groups in total. The van der Waals surface area contributed by atoms with Crippen LogP contribution in [0.2, 0.25) is 0 Å². The molecule has 4 aromatic rings. The number of piperidine rings is 1. The molecular weight excluding hydrogens is 568 g/mol. The van der Waals surface area contributed by atoms with Crippen molar-refractivity contribution in [3.63, 3.8) is 0 Å². The summed E-state index contributed by atoms with van der Waals surface area (Å²) in [5.74, 6) is -1.13. The maximum absolute atomic E-state index is 14.3. The summed E-state index contributed by atoms with van der Waals surface area (Å²) in [6, 6.07) is 27.8. The summed E-state index contributed by atoms with van der Waals surface area (Å²) in [6.45, 7) is 6.46. The lowest BCUT2D eigenvalue weighted by atomic mass is 9.66. The van der Waals surface area contributed by atoms with Gasteiger partial charge in [-0.3, -0.25) is 4.79 Å². The topological polar surface area (TPSA) is 97.9 Å². The normalized spacial score (nSPS) is 26.9. The van der Waals surface area contributed by atoms with Gasteiger partial charge in [-0.25, -0.2) is 9.59 Å². The zero-order chi connectivity index (χ0) is 31.4. The number of nitrogens with one attached hydrogen (secondary N) is 1. The van der Waals surface area contributed by atoms with E-state index < -0.39 is 34.6 Å². The van der Waals surface area contributed by atoms with E-state index in [1.165, 1.54) is 0 Å². The van der Waals surface area contributed by atoms with E-state index in [2.05, 4.69) is 23.2 Å². The number of para-hydroxylation sites is 1. The molecule has 0 radical (unpaired) electrons. The Morgan fingerprint density at radius 3 is 2.31 bits per heavy atom. The van der Waals surface area contributed by atoms with Gasteiger partial charge in [-0.2, -0.15) is 0 Å². The Morgan fingerprint density at radius 2 is 1.62 bits per heavy atom. The highest BCUT2D eigenvalue weighted by molar-refractivity contribution is 5.94. The summed E-state index contributed by atoms with van der Waals surface area (Å²) < 4.78 is 18.0. The molecule has 1 saturated carbocycles. The first kappa shape index (κ1) is 29.1. The molecular formula is C37H38N2O6. The van der Waals surface area contributed by atoms with Crippen LogP contribution in [-0.4, -0.2) is 52.7 Å². The fourth-order valence-corrected chi connectivity index (χ4v) is 7.66. The number of ether oxygens (including phenoxy) is 3. The van der Waals surface area contributed by atoms with Crippen molar-refractivity contribution in [2.75, 3.05) is 13.1 Å². The smallest absolute Gasteiger partial charge is 0.410 e. The summed E-state index contributed by atoms with van der Waals surface area (Å²) in [6.07, 6.45) is 0.353. The zero-order valence-electron chi connectivity index (χ0n) is 25.9. The number of fused-ring (bicyclic) bond motifs is 3. The van der Waals surface area contributed by atoms with Crippen molar-refractivity contribution in [1.82, 2.24) is 9.88 Å². The van der Waals surface area contributed by atoms with Crippen LogP contribution in [0.5, 0.6) is 0 Å². The Bertz CT molecular complexity index is 1770. The van der Waals surface area contributed by atoms with E-state index in [-0.39, 0.29) is 25.0 Å². The summed E-state index contributed by atoms with van der Waals surface area (Å²) >= 11 is 0. The first-order valence-electron chi connectivity index (χ1n) is 15.7. The third kappa shape index (κ3) is 4.52. The number of hydrogen-bond donors (Lipinski definition) is 1. The average molecular weight is 607 g/mol. The van der Waals surface area contributed by atoms with Crippen molar-refractivity contribution in [3.05, 3.63) is 96.1 Å². The standard InChI is InChI=1S/C37H38N2O6/c1-35(2)36(3)19-20-37(35,45-32(36)40)33(41)44-29-22-39(34(42)43-23-24-12-6-4-7-13-24)21-18-27(29)30-26-16-10-11-17-28(26)38-31(30)25-14-8-5-9-15-25/h4-17,27,29,38H,18-23H2,1-3H3/t27-,29-,36?,37-/m1/s1. The van der Waals surface area contributed by atoms with Crippen LogP contribution < -0.4 is 0 Å². The Labute approximate surface area is 262 Å². The quantitative estimate of drug-likeness (QED) is 0.188. The second kappa shape index (κ2) is 10.8. The minimum absolute atomic E-state index is 0.149. The number of nitrogens with zero attached hydrogens (tertiary/aromatic N) is 1. The molecule has 1 unspecified atom stereocenters. The Morgan fingerprint density at radius 1 is 0.933 bits per heavy atom. The predicted molar refractivity (Wildman–Crippen MR) is 169 cm³/mol. The maximum Gasteiger partial charge on any atom is 0.410 e. The Hall–Kier alpha value is -4.59. The SMILES string of the molecule is CC12CC[C@](C(=O)O[C@@H]3CN(C(=O)OCc4ccccc4)CC[C@H]3c3c(-c4ccccc4)[nH]c4ccccc34)(OC1=O)C2(C)C. The van der Waals surface area contributed by atoms with Crippen LogP contribution in [0.25, 0.3) is 22.2 Å². The molecule has 2 aliphatic heterocycles. The molecule has 7 rings (SSSR count). The number of likely N-dealkylation sites (tertiary alicyclic amines) is 1. The summed E-state index contributed by atoms with van der Waals surface area (Å²) in [7, 11) is 0. The predicted octanol–water partition coefficient (Wildman–Crippen LogP) is 6.99. The first-order valence-corrected chi connectivity index (χ1v) is 15.7. The van der Waals surface area contributed by atoms with Crippen LogP contribution in [0, 0.1) is 10.8 Å². The molecule has 3 aromatic carbocycles. The molecule has 3 aliphatic rings. The number of rotatable bonds is 6. The van der Waals surface area contributed by atoms with Gasteiger partial charge in [-0.1, -0.05) is 92.7 Å². The number of H-pyrrole nitrogens is 1. The molecule has 1 aliphatic carbocycles. The van der Waals surface area contributed by atoms with E-state index in [1.54, 1.807) is 4.90 Å². The van der Waals surface area contributed by atoms with Gasteiger partial charge < -0.3 is 24.1 Å². The number of esters is 2. The lowest BCUT2D eigenvalue weighted by Crippen LogP contribution is -2.53. The van der Waals surface area contributed by atoms with Gasteiger partial charge in [0.15, 0.2) is 0 Å². The summed E-state index contributed by atoms with van der Waals surface area (Å²) in [5, 5.41) is 1.04. The van der Waals surface area contributed by atoms with Crippen molar-refractivity contribution >= 4 is 28.9 Å². The van der Waals surface area contributed by atoms with E-state index in [0.717, 1.165) is 33.3 Å². The minimum Gasteiger partial charge on any atom is -0.457 e. The highest BCUT2D eigenvalue weighted by Gasteiger charge is 2.76. The van der Waals surface area contributed by atoms with Gasteiger partial charge >= 0.3 is 18.0 Å². The zero-order valence-corrected chi connectivity index (χ0v) is 25.9. The molecule has 8 nitrogen and oxygen atoms in total. The van der Waals surface area contributed by atoms with E-state index in [4.69, 9.17) is 14.2 Å². The summed E-state index contributed by atoms with van der Waals surface area (Å²) in [4.78, 5) is 45.9. The number of carbonyl (C=O) groups is 3. The number of benzene rings is 3. The lowest BCUT2D eigenvalue weighted by Gasteiger charge is -2.41. The number of aromatic nitrogens is 1. The number of carbonyl (C=O) groups excluding carboxylic acids is 3. The fourth-order valence-electron chi connectivity index (χ4n) is 7.66. The van der Waals surface area contributed by atoms with Gasteiger partial charge in [0.25, 0.3) is 0 Å². The number of aromatic amines is 1. The molecule has 8 heteroatoms. The van der Waals surface area contributed by atoms with Gasteiger partial charge in [0.1, 0.15) is 12.7 Å². The van der Waals surface area contributed by atoms with Crippen LogP contribution >= 0.6 is 0 Å². The Balaban J connectivity index is 1.24. The monoisotopic (exact) mass is 606 g/mol. The second-order valence-corrected chi connectivity index (χ2v) is 13.3. The van der Waals surface area contributed by atoms with E-state index in [9.17, 15) is 14.4 Å². The molecule has 1 aromatic heterocycles. The van der Waals surface area contributed by atoms with Gasteiger partial charge in [0.2, 0.25) is 5.60 Å². The fraction of sp³-hybridized carbons (Fsp3) is 0.378. The molecule has 2 bridgehead atoms. The third-order valence-electron chi connectivity index (χ3n) is 10.9. The van der Waals surface area contributed by atoms with Gasteiger partial charge in [0.05, 0.1) is 17.7 Å². The second-order valence-electron chi connectivity index (χ2n) is 13.3. The van der Waals surface area contributed by atoms with Crippen molar-refractivity contribution in [1.29, 1.82) is 0 Å². The molecule has 0 spiro atoms. The minimum atomic E-state index is -1.37. The van der Waals surface area contributed by atoms with Crippen LogP contribution in [0.1, 0.15) is 57.1 Å². The molecule has 2 saturated heterocycles. The van der Waals surface area contributed by atoms with Gasteiger partial charge in [-0.15, -0.1) is 0 Å². The van der Waals surface area contributed by atoms with Gasteiger partial charge in [-0.05, 0) is 48.9 Å². The molecule has 232 valence electrons. The van der Waals surface area contributed by atoms with E-state index >= 15 is 0 Å². The van der Waals surface area contributed by atoms with Crippen molar-refractivity contribution in [3.8, 4) is 11.3 Å². The number of hydrogen-bond acceptors (Lipinski definition) is 6. The van der Waals surface area contributed by atoms with E-state index in [1.807, 2.05) is 87.5 Å². The van der Waals surface area contributed by atoms with Crippen LogP contribution in [0.4, 0.5) is 4.79 Å². The molecule has 45 heavy (non-hydrogen) atoms. The molecule has 1 amide bonds.